The molecule has 2 heteroatoms. The molecule has 0 spiro atoms. The smallest absolute Gasteiger partial charge is 0.0345 e. The molecule has 0 saturated carbocycles. The number of aryl methyl sites for hydroxylation is 2. The van der Waals surface area contributed by atoms with E-state index in [-0.39, 0.29) is 0 Å². The van der Waals surface area contributed by atoms with Gasteiger partial charge in [-0.2, -0.15) is 0 Å². The van der Waals surface area contributed by atoms with Gasteiger partial charge in [0, 0.05) is 16.2 Å². The molecule has 1 atom stereocenters. The van der Waals surface area contributed by atoms with Gasteiger partial charge in [0.15, 0.2) is 0 Å². The molecule has 0 heterocycles. The third-order valence-electron chi connectivity index (χ3n) is 3.79. The molecule has 0 amide bonds. The highest BCUT2D eigenvalue weighted by Gasteiger charge is 2.18. The van der Waals surface area contributed by atoms with Gasteiger partial charge < -0.3 is 5.32 Å². The highest BCUT2D eigenvalue weighted by Crippen LogP contribution is 2.26. The molecule has 2 aromatic carbocycles. The molecule has 0 aliphatic heterocycles. The predicted octanol–water partition coefficient (Wildman–Crippen LogP) is 4.73. The maximum Gasteiger partial charge on any atom is 0.0345 e. The molecule has 1 unspecified atom stereocenters. The summed E-state index contributed by atoms with van der Waals surface area (Å²) in [5, 5.41) is 3.67. The van der Waals surface area contributed by atoms with Crippen LogP contribution in [0.15, 0.2) is 46.9 Å². The van der Waals surface area contributed by atoms with Crippen molar-refractivity contribution in [1.82, 2.24) is 0 Å². The number of fused-ring (bicyclic) bond motifs is 1. The van der Waals surface area contributed by atoms with Crippen LogP contribution in [0.4, 0.5) is 5.69 Å². The number of benzene rings is 2. The Bertz CT molecular complexity index is 592. The van der Waals surface area contributed by atoms with E-state index in [0.717, 1.165) is 12.8 Å². The molecule has 2 aromatic rings. The molecule has 19 heavy (non-hydrogen) atoms. The molecule has 1 aliphatic carbocycles. The third kappa shape index (κ3) is 3.01. The minimum atomic E-state index is 0.551. The summed E-state index contributed by atoms with van der Waals surface area (Å²) in [5.74, 6) is 0. The van der Waals surface area contributed by atoms with Crippen molar-refractivity contribution in [3.05, 3.63) is 63.6 Å². The Morgan fingerprint density at radius 3 is 2.84 bits per heavy atom. The Labute approximate surface area is 123 Å². The molecular weight excluding hydrogens is 298 g/mol. The van der Waals surface area contributed by atoms with Crippen LogP contribution in [-0.4, -0.2) is 6.04 Å². The molecule has 0 bridgehead atoms. The van der Waals surface area contributed by atoms with Crippen molar-refractivity contribution < 1.29 is 0 Å². The molecule has 0 saturated heterocycles. The molecule has 0 radical (unpaired) electrons. The predicted molar refractivity (Wildman–Crippen MR) is 84.8 cm³/mol. The number of nitrogens with one attached hydrogen (secondary N) is 1. The molecule has 1 N–H and O–H groups in total. The third-order valence-corrected chi connectivity index (χ3v) is 4.28. The van der Waals surface area contributed by atoms with Crippen LogP contribution in [0.25, 0.3) is 0 Å². The summed E-state index contributed by atoms with van der Waals surface area (Å²) >= 11 is 3.55. The van der Waals surface area contributed by atoms with E-state index in [2.05, 4.69) is 70.6 Å². The van der Waals surface area contributed by atoms with Crippen molar-refractivity contribution in [2.75, 3.05) is 5.32 Å². The lowest BCUT2D eigenvalue weighted by molar-refractivity contribution is 0.610. The fourth-order valence-electron chi connectivity index (χ4n) is 2.82. The lowest BCUT2D eigenvalue weighted by Crippen LogP contribution is -2.27. The van der Waals surface area contributed by atoms with Crippen LogP contribution >= 0.6 is 15.9 Å². The van der Waals surface area contributed by atoms with Gasteiger partial charge in [0.2, 0.25) is 0 Å². The second-order valence-electron chi connectivity index (χ2n) is 5.37. The van der Waals surface area contributed by atoms with Gasteiger partial charge in [0.25, 0.3) is 0 Å². The first-order valence-electron chi connectivity index (χ1n) is 6.81. The van der Waals surface area contributed by atoms with Gasteiger partial charge >= 0.3 is 0 Å². The van der Waals surface area contributed by atoms with E-state index in [1.54, 1.807) is 0 Å². The van der Waals surface area contributed by atoms with Crippen molar-refractivity contribution in [2.45, 2.75) is 32.2 Å². The fraction of sp³-hybridized carbons (Fsp3) is 0.294. The monoisotopic (exact) mass is 315 g/mol. The van der Waals surface area contributed by atoms with Crippen LogP contribution in [0, 0.1) is 6.92 Å². The Morgan fingerprint density at radius 2 is 2.00 bits per heavy atom. The first kappa shape index (κ1) is 12.7. The van der Waals surface area contributed by atoms with Gasteiger partial charge in [-0.05, 0) is 67.1 Å². The van der Waals surface area contributed by atoms with E-state index in [9.17, 15) is 0 Å². The SMILES string of the molecule is Cc1cccc(NC2CCc3cc(Br)ccc3C2)c1. The van der Waals surface area contributed by atoms with Crippen molar-refractivity contribution in [1.29, 1.82) is 0 Å². The van der Waals surface area contributed by atoms with E-state index in [1.165, 1.54) is 33.3 Å². The van der Waals surface area contributed by atoms with Crippen LogP contribution in [0.5, 0.6) is 0 Å². The van der Waals surface area contributed by atoms with E-state index in [0.29, 0.717) is 6.04 Å². The molecule has 0 aromatic heterocycles. The zero-order chi connectivity index (χ0) is 13.2. The van der Waals surface area contributed by atoms with Gasteiger partial charge in [-0.15, -0.1) is 0 Å². The Hall–Kier alpha value is -1.28. The second kappa shape index (κ2) is 5.38. The van der Waals surface area contributed by atoms with Gasteiger partial charge in [-0.25, -0.2) is 0 Å². The lowest BCUT2D eigenvalue weighted by atomic mass is 9.88. The Morgan fingerprint density at radius 1 is 1.11 bits per heavy atom. The molecule has 0 fully saturated rings. The average molecular weight is 316 g/mol. The van der Waals surface area contributed by atoms with E-state index in [4.69, 9.17) is 0 Å². The van der Waals surface area contributed by atoms with E-state index < -0.39 is 0 Å². The maximum atomic E-state index is 3.67. The van der Waals surface area contributed by atoms with Crippen LogP contribution in [0.1, 0.15) is 23.1 Å². The highest BCUT2D eigenvalue weighted by atomic mass is 79.9. The van der Waals surface area contributed by atoms with Crippen molar-refractivity contribution in [3.8, 4) is 0 Å². The molecule has 98 valence electrons. The summed E-state index contributed by atoms with van der Waals surface area (Å²) < 4.78 is 1.19. The first-order chi connectivity index (χ1) is 9.20. The molecular formula is C17H18BrN. The Balaban J connectivity index is 1.74. The highest BCUT2D eigenvalue weighted by molar-refractivity contribution is 9.10. The first-order valence-corrected chi connectivity index (χ1v) is 7.60. The summed E-state index contributed by atoms with van der Waals surface area (Å²) in [6, 6.07) is 15.8. The van der Waals surface area contributed by atoms with Gasteiger partial charge in [0.05, 0.1) is 0 Å². The summed E-state index contributed by atoms with van der Waals surface area (Å²) in [4.78, 5) is 0. The van der Waals surface area contributed by atoms with Gasteiger partial charge in [-0.3, -0.25) is 0 Å². The zero-order valence-corrected chi connectivity index (χ0v) is 12.7. The standard InChI is InChI=1S/C17H18BrN/c1-12-3-2-4-16(9-12)19-17-8-6-13-10-15(18)7-5-14(13)11-17/h2-5,7,9-10,17,19H,6,8,11H2,1H3. The fourth-order valence-corrected chi connectivity index (χ4v) is 3.23. The second-order valence-corrected chi connectivity index (χ2v) is 6.28. The number of rotatable bonds is 2. The number of hydrogen-bond acceptors (Lipinski definition) is 1. The lowest BCUT2D eigenvalue weighted by Gasteiger charge is -2.26. The van der Waals surface area contributed by atoms with Crippen molar-refractivity contribution in [3.63, 3.8) is 0 Å². The van der Waals surface area contributed by atoms with Crippen molar-refractivity contribution >= 4 is 21.6 Å². The zero-order valence-electron chi connectivity index (χ0n) is 11.1. The molecule has 3 rings (SSSR count). The summed E-state index contributed by atoms with van der Waals surface area (Å²) in [6.45, 7) is 2.14. The number of halogens is 1. The number of hydrogen-bond donors (Lipinski definition) is 1. The summed E-state index contributed by atoms with van der Waals surface area (Å²) in [6.07, 6.45) is 3.49. The van der Waals surface area contributed by atoms with Crippen LogP contribution in [0.2, 0.25) is 0 Å². The van der Waals surface area contributed by atoms with Crippen LogP contribution in [0.3, 0.4) is 0 Å². The van der Waals surface area contributed by atoms with Crippen molar-refractivity contribution in [2.24, 2.45) is 0 Å². The largest absolute Gasteiger partial charge is 0.382 e. The maximum absolute atomic E-state index is 3.67. The van der Waals surface area contributed by atoms with E-state index in [1.807, 2.05) is 0 Å². The van der Waals surface area contributed by atoms with Gasteiger partial charge in [0.1, 0.15) is 0 Å². The molecule has 1 nitrogen and oxygen atoms in total. The minimum absolute atomic E-state index is 0.551. The summed E-state index contributed by atoms with van der Waals surface area (Å²) in [5.41, 5.74) is 5.53. The summed E-state index contributed by atoms with van der Waals surface area (Å²) in [7, 11) is 0. The van der Waals surface area contributed by atoms with Crippen LogP contribution in [-0.2, 0) is 12.8 Å². The minimum Gasteiger partial charge on any atom is -0.382 e. The normalized spacial score (nSPS) is 17.9. The molecule has 1 aliphatic rings. The van der Waals surface area contributed by atoms with Gasteiger partial charge in [-0.1, -0.05) is 34.1 Å². The van der Waals surface area contributed by atoms with Crippen LogP contribution < -0.4 is 5.32 Å². The Kier molecular flexibility index (Phi) is 3.61. The quantitative estimate of drug-likeness (QED) is 0.845. The van der Waals surface area contributed by atoms with E-state index >= 15 is 0 Å². The average Bonchev–Trinajstić information content (AvgIpc) is 2.39. The number of anilines is 1. The topological polar surface area (TPSA) is 12.0 Å².